The van der Waals surface area contributed by atoms with Crippen molar-refractivity contribution in [2.75, 3.05) is 38.2 Å². The summed E-state index contributed by atoms with van der Waals surface area (Å²) in [4.78, 5) is 16.6. The van der Waals surface area contributed by atoms with Crippen LogP contribution in [0.2, 0.25) is 0 Å². The number of piperazine rings is 1. The summed E-state index contributed by atoms with van der Waals surface area (Å²) in [5.74, 6) is 2.43. The van der Waals surface area contributed by atoms with Crippen LogP contribution in [0.15, 0.2) is 24.3 Å². The number of rotatable bonds is 5. The topological polar surface area (TPSA) is 46.0 Å². The van der Waals surface area contributed by atoms with Gasteiger partial charge >= 0.3 is 0 Å². The number of carbonyl (C=O) groups excluding carboxylic acids is 1. The van der Waals surface area contributed by atoms with E-state index in [1.54, 1.807) is 7.11 Å². The molecule has 1 aromatic rings. The Morgan fingerprint density at radius 1 is 1.22 bits per heavy atom. The molecule has 1 saturated heterocycles. The molecule has 0 radical (unpaired) electrons. The predicted molar refractivity (Wildman–Crippen MR) is 109 cm³/mol. The summed E-state index contributed by atoms with van der Waals surface area (Å²) in [7, 11) is 1.72. The fourth-order valence-corrected chi connectivity index (χ4v) is 4.64. The lowest BCUT2D eigenvalue weighted by molar-refractivity contribution is -0.914. The highest BCUT2D eigenvalue weighted by Crippen LogP contribution is 2.29. The Kier molecular flexibility index (Phi) is 6.64. The number of amides is 1. The number of quaternary nitrogens is 1. The molecule has 1 saturated carbocycles. The Hall–Kier alpha value is -1.75. The first-order chi connectivity index (χ1) is 13.0. The lowest BCUT2D eigenvalue weighted by Gasteiger charge is -2.38. The summed E-state index contributed by atoms with van der Waals surface area (Å²) in [6, 6.07) is 8.54. The quantitative estimate of drug-likeness (QED) is 0.825. The molecule has 5 heteroatoms. The lowest BCUT2D eigenvalue weighted by Crippen LogP contribution is -3.19. The molecule has 150 valence electrons. The molecule has 4 atom stereocenters. The number of carbonyl (C=O) groups is 1. The molecule has 0 spiro atoms. The van der Waals surface area contributed by atoms with Gasteiger partial charge in [-0.25, -0.2) is 0 Å². The SMILES string of the molecule is COc1ccccc1N1CC[NH+]([C@H](C)C(=O)N[C@H]2CCC[C@H](C)[C@H]2C)CC1. The number of nitrogens with one attached hydrogen (secondary N) is 2. The van der Waals surface area contributed by atoms with E-state index in [9.17, 15) is 4.79 Å². The molecule has 1 aliphatic heterocycles. The van der Waals surface area contributed by atoms with Crippen LogP contribution in [0.1, 0.15) is 40.0 Å². The summed E-state index contributed by atoms with van der Waals surface area (Å²) in [5.41, 5.74) is 1.15. The van der Waals surface area contributed by atoms with Crippen molar-refractivity contribution in [1.82, 2.24) is 5.32 Å². The van der Waals surface area contributed by atoms with Crippen LogP contribution in [0.4, 0.5) is 5.69 Å². The third kappa shape index (κ3) is 4.57. The molecule has 1 aliphatic carbocycles. The number of para-hydroxylation sites is 2. The van der Waals surface area contributed by atoms with E-state index in [1.165, 1.54) is 17.7 Å². The molecule has 1 heterocycles. The number of methoxy groups -OCH3 is 1. The summed E-state index contributed by atoms with van der Waals surface area (Å²) >= 11 is 0. The van der Waals surface area contributed by atoms with Gasteiger partial charge in [-0.3, -0.25) is 4.79 Å². The van der Waals surface area contributed by atoms with E-state index < -0.39 is 0 Å². The summed E-state index contributed by atoms with van der Waals surface area (Å²) < 4.78 is 5.50. The van der Waals surface area contributed by atoms with Crippen molar-refractivity contribution in [1.29, 1.82) is 0 Å². The van der Waals surface area contributed by atoms with Gasteiger partial charge in [-0.2, -0.15) is 0 Å². The molecule has 2 N–H and O–H groups in total. The summed E-state index contributed by atoms with van der Waals surface area (Å²) in [6.07, 6.45) is 3.65. The van der Waals surface area contributed by atoms with Gasteiger partial charge in [0.15, 0.2) is 6.04 Å². The first-order valence-corrected chi connectivity index (χ1v) is 10.5. The number of hydrogen-bond acceptors (Lipinski definition) is 3. The highest BCUT2D eigenvalue weighted by Gasteiger charge is 2.33. The van der Waals surface area contributed by atoms with Crippen molar-refractivity contribution in [3.8, 4) is 5.75 Å². The minimum absolute atomic E-state index is 0.00857. The monoisotopic (exact) mass is 374 g/mol. The fraction of sp³-hybridized carbons (Fsp3) is 0.682. The fourth-order valence-electron chi connectivity index (χ4n) is 4.64. The van der Waals surface area contributed by atoms with E-state index in [4.69, 9.17) is 4.74 Å². The Bertz CT molecular complexity index is 628. The molecule has 2 fully saturated rings. The van der Waals surface area contributed by atoms with Crippen molar-refractivity contribution in [2.24, 2.45) is 11.8 Å². The Labute approximate surface area is 164 Å². The van der Waals surface area contributed by atoms with Gasteiger partial charge in [0, 0.05) is 6.04 Å². The van der Waals surface area contributed by atoms with Crippen LogP contribution in [-0.4, -0.2) is 51.3 Å². The molecule has 0 bridgehead atoms. The van der Waals surface area contributed by atoms with E-state index >= 15 is 0 Å². The maximum atomic E-state index is 12.8. The van der Waals surface area contributed by atoms with Gasteiger partial charge in [0.1, 0.15) is 5.75 Å². The number of nitrogens with zero attached hydrogens (tertiary/aromatic N) is 1. The van der Waals surface area contributed by atoms with Gasteiger partial charge in [0.05, 0.1) is 39.0 Å². The summed E-state index contributed by atoms with van der Waals surface area (Å²) in [5, 5.41) is 3.36. The second-order valence-corrected chi connectivity index (χ2v) is 8.42. The van der Waals surface area contributed by atoms with Gasteiger partial charge in [-0.15, -0.1) is 0 Å². The molecule has 5 nitrogen and oxygen atoms in total. The standard InChI is InChI=1S/C22H35N3O2/c1-16-8-7-9-19(17(16)2)23-22(26)18(3)24-12-14-25(15-13-24)20-10-5-6-11-21(20)27-4/h5-6,10-11,16-19H,7-9,12-15H2,1-4H3,(H,23,26)/p+1/t16-,17+,18+,19-/m0/s1. The maximum absolute atomic E-state index is 12.8. The van der Waals surface area contributed by atoms with Crippen LogP contribution in [0, 0.1) is 11.8 Å². The second-order valence-electron chi connectivity index (χ2n) is 8.42. The van der Waals surface area contributed by atoms with Gasteiger partial charge < -0.3 is 19.9 Å². The molecule has 3 rings (SSSR count). The van der Waals surface area contributed by atoms with E-state index in [1.807, 2.05) is 12.1 Å². The number of benzene rings is 1. The number of hydrogen-bond donors (Lipinski definition) is 2. The van der Waals surface area contributed by atoms with E-state index in [2.05, 4.69) is 43.1 Å². The average Bonchev–Trinajstić information content (AvgIpc) is 2.71. The molecule has 0 aromatic heterocycles. The van der Waals surface area contributed by atoms with E-state index in [0.29, 0.717) is 17.9 Å². The zero-order valence-corrected chi connectivity index (χ0v) is 17.3. The predicted octanol–water partition coefficient (Wildman–Crippen LogP) is 1.73. The molecule has 27 heavy (non-hydrogen) atoms. The van der Waals surface area contributed by atoms with Gasteiger partial charge in [0.25, 0.3) is 5.91 Å². The first kappa shape index (κ1) is 20.0. The zero-order chi connectivity index (χ0) is 19.4. The molecule has 1 amide bonds. The third-order valence-corrected chi connectivity index (χ3v) is 6.87. The molecule has 1 aromatic carbocycles. The van der Waals surface area contributed by atoms with Crippen molar-refractivity contribution in [2.45, 2.75) is 52.1 Å². The zero-order valence-electron chi connectivity index (χ0n) is 17.3. The summed E-state index contributed by atoms with van der Waals surface area (Å²) in [6.45, 7) is 10.5. The highest BCUT2D eigenvalue weighted by atomic mass is 16.5. The lowest BCUT2D eigenvalue weighted by atomic mass is 9.78. The third-order valence-electron chi connectivity index (χ3n) is 6.87. The number of anilines is 1. The largest absolute Gasteiger partial charge is 0.495 e. The Morgan fingerprint density at radius 3 is 2.63 bits per heavy atom. The first-order valence-electron chi connectivity index (χ1n) is 10.5. The van der Waals surface area contributed by atoms with Gasteiger partial charge in [0.2, 0.25) is 0 Å². The molecular weight excluding hydrogens is 338 g/mol. The Balaban J connectivity index is 1.53. The molecular formula is C22H36N3O2+. The van der Waals surface area contributed by atoms with Crippen molar-refractivity contribution in [3.05, 3.63) is 24.3 Å². The van der Waals surface area contributed by atoms with Gasteiger partial charge in [-0.05, 0) is 37.3 Å². The normalized spacial score (nSPS) is 27.9. The van der Waals surface area contributed by atoms with Gasteiger partial charge in [-0.1, -0.05) is 38.8 Å². The van der Waals surface area contributed by atoms with Crippen molar-refractivity contribution in [3.63, 3.8) is 0 Å². The van der Waals surface area contributed by atoms with E-state index in [0.717, 1.165) is 44.0 Å². The van der Waals surface area contributed by atoms with E-state index in [-0.39, 0.29) is 11.9 Å². The highest BCUT2D eigenvalue weighted by molar-refractivity contribution is 5.80. The Morgan fingerprint density at radius 2 is 1.93 bits per heavy atom. The second kappa shape index (κ2) is 8.96. The average molecular weight is 375 g/mol. The van der Waals surface area contributed by atoms with Crippen LogP contribution >= 0.6 is 0 Å². The van der Waals surface area contributed by atoms with Crippen LogP contribution in [-0.2, 0) is 4.79 Å². The minimum Gasteiger partial charge on any atom is -0.495 e. The smallest absolute Gasteiger partial charge is 0.278 e. The molecule has 0 unspecified atom stereocenters. The van der Waals surface area contributed by atoms with Crippen molar-refractivity contribution < 1.29 is 14.4 Å². The molecule has 2 aliphatic rings. The van der Waals surface area contributed by atoms with Crippen LogP contribution in [0.3, 0.4) is 0 Å². The van der Waals surface area contributed by atoms with Crippen LogP contribution in [0.25, 0.3) is 0 Å². The minimum atomic E-state index is 0.00857. The van der Waals surface area contributed by atoms with Crippen LogP contribution < -0.4 is 19.9 Å². The van der Waals surface area contributed by atoms with Crippen LogP contribution in [0.5, 0.6) is 5.75 Å². The maximum Gasteiger partial charge on any atom is 0.278 e. The van der Waals surface area contributed by atoms with Crippen molar-refractivity contribution >= 4 is 11.6 Å². The number of ether oxygens (including phenoxy) is 1.